The van der Waals surface area contributed by atoms with E-state index in [-0.39, 0.29) is 18.3 Å². The van der Waals surface area contributed by atoms with Crippen LogP contribution < -0.4 is 0 Å². The summed E-state index contributed by atoms with van der Waals surface area (Å²) < 4.78 is 4.70. The lowest BCUT2D eigenvalue weighted by atomic mass is 9.90. The van der Waals surface area contributed by atoms with Crippen LogP contribution in [0.1, 0.15) is 34.1 Å². The first-order valence-electron chi connectivity index (χ1n) is 5.16. The van der Waals surface area contributed by atoms with Gasteiger partial charge in [-0.1, -0.05) is 13.8 Å². The highest BCUT2D eigenvalue weighted by Gasteiger charge is 2.34. The van der Waals surface area contributed by atoms with Crippen molar-refractivity contribution in [2.24, 2.45) is 11.8 Å². The maximum Gasteiger partial charge on any atom is 0.324 e. The molecule has 4 nitrogen and oxygen atoms in total. The molecule has 0 amide bonds. The SMILES string of the molecule is CCOC(=O)C(C(C)=O)C(=O)C(C)CC. The molecular weight excluding hydrogens is 196 g/mol. The number of carbonyl (C=O) groups excluding carboxylic acids is 3. The molecule has 86 valence electrons. The molecule has 15 heavy (non-hydrogen) atoms. The molecule has 0 bridgehead atoms. The first kappa shape index (κ1) is 13.8. The second-order valence-electron chi connectivity index (χ2n) is 3.51. The summed E-state index contributed by atoms with van der Waals surface area (Å²) in [6, 6.07) is 0. The van der Waals surface area contributed by atoms with Crippen LogP contribution in [-0.2, 0) is 19.1 Å². The summed E-state index contributed by atoms with van der Waals surface area (Å²) in [6.45, 7) is 6.60. The van der Waals surface area contributed by atoms with Gasteiger partial charge in [0.1, 0.15) is 0 Å². The number of esters is 1. The van der Waals surface area contributed by atoms with Crippen LogP contribution in [-0.4, -0.2) is 24.1 Å². The van der Waals surface area contributed by atoms with Crippen LogP contribution >= 0.6 is 0 Å². The van der Waals surface area contributed by atoms with Crippen LogP contribution in [0, 0.1) is 11.8 Å². The zero-order valence-electron chi connectivity index (χ0n) is 9.70. The fourth-order valence-electron chi connectivity index (χ4n) is 1.19. The second kappa shape index (κ2) is 6.32. The fourth-order valence-corrected chi connectivity index (χ4v) is 1.19. The molecule has 2 unspecified atom stereocenters. The van der Waals surface area contributed by atoms with E-state index in [1.54, 1.807) is 13.8 Å². The average molecular weight is 214 g/mol. The van der Waals surface area contributed by atoms with Gasteiger partial charge in [-0.3, -0.25) is 14.4 Å². The van der Waals surface area contributed by atoms with Crippen LogP contribution in [0.4, 0.5) is 0 Å². The van der Waals surface area contributed by atoms with Gasteiger partial charge in [0.2, 0.25) is 0 Å². The average Bonchev–Trinajstić information content (AvgIpc) is 2.16. The molecule has 0 heterocycles. The Morgan fingerprint density at radius 2 is 1.73 bits per heavy atom. The van der Waals surface area contributed by atoms with Crippen molar-refractivity contribution in [1.29, 1.82) is 0 Å². The predicted molar refractivity (Wildman–Crippen MR) is 55.3 cm³/mol. The third-order valence-electron chi connectivity index (χ3n) is 2.31. The molecule has 0 radical (unpaired) electrons. The lowest BCUT2D eigenvalue weighted by Gasteiger charge is -2.14. The Hall–Kier alpha value is -1.19. The molecule has 4 heteroatoms. The van der Waals surface area contributed by atoms with Crippen molar-refractivity contribution in [1.82, 2.24) is 0 Å². The van der Waals surface area contributed by atoms with Crippen LogP contribution in [0.3, 0.4) is 0 Å². The zero-order valence-corrected chi connectivity index (χ0v) is 9.70. The minimum absolute atomic E-state index is 0.177. The number of hydrogen-bond acceptors (Lipinski definition) is 4. The molecule has 0 rings (SSSR count). The summed E-state index contributed by atoms with van der Waals surface area (Å²) in [4.78, 5) is 34.3. The van der Waals surface area contributed by atoms with Crippen molar-refractivity contribution in [3.63, 3.8) is 0 Å². The highest BCUT2D eigenvalue weighted by molar-refractivity contribution is 6.17. The Labute approximate surface area is 90.0 Å². The van der Waals surface area contributed by atoms with Gasteiger partial charge in [-0.25, -0.2) is 0 Å². The van der Waals surface area contributed by atoms with E-state index < -0.39 is 17.7 Å². The third-order valence-corrected chi connectivity index (χ3v) is 2.31. The summed E-state index contributed by atoms with van der Waals surface area (Å²) in [5, 5.41) is 0. The largest absolute Gasteiger partial charge is 0.465 e. The summed E-state index contributed by atoms with van der Waals surface area (Å²) in [5.74, 6) is -3.04. The number of ether oxygens (including phenoxy) is 1. The molecule has 0 spiro atoms. The van der Waals surface area contributed by atoms with Crippen molar-refractivity contribution >= 4 is 17.5 Å². The van der Waals surface area contributed by atoms with Crippen molar-refractivity contribution in [3.05, 3.63) is 0 Å². The van der Waals surface area contributed by atoms with Gasteiger partial charge in [0.25, 0.3) is 0 Å². The van der Waals surface area contributed by atoms with Gasteiger partial charge in [-0.2, -0.15) is 0 Å². The Kier molecular flexibility index (Phi) is 5.82. The molecule has 0 aromatic carbocycles. The molecule has 0 aromatic heterocycles. The molecule has 0 aliphatic carbocycles. The Morgan fingerprint density at radius 1 is 1.20 bits per heavy atom. The molecular formula is C11H18O4. The van der Waals surface area contributed by atoms with E-state index in [0.29, 0.717) is 6.42 Å². The minimum atomic E-state index is -1.24. The summed E-state index contributed by atoms with van der Waals surface area (Å²) >= 11 is 0. The van der Waals surface area contributed by atoms with E-state index in [9.17, 15) is 14.4 Å². The van der Waals surface area contributed by atoms with Crippen LogP contribution in [0.25, 0.3) is 0 Å². The van der Waals surface area contributed by atoms with Gasteiger partial charge in [0, 0.05) is 5.92 Å². The normalized spacial score (nSPS) is 14.1. The minimum Gasteiger partial charge on any atom is -0.465 e. The lowest BCUT2D eigenvalue weighted by molar-refractivity contribution is -0.155. The Bertz CT molecular complexity index is 257. The number of ketones is 2. The lowest BCUT2D eigenvalue weighted by Crippen LogP contribution is -2.35. The van der Waals surface area contributed by atoms with Crippen molar-refractivity contribution in [2.75, 3.05) is 6.61 Å². The van der Waals surface area contributed by atoms with Gasteiger partial charge < -0.3 is 4.74 Å². The van der Waals surface area contributed by atoms with E-state index in [0.717, 1.165) is 0 Å². The van der Waals surface area contributed by atoms with Crippen molar-refractivity contribution in [2.45, 2.75) is 34.1 Å². The summed E-state index contributed by atoms with van der Waals surface area (Å²) in [7, 11) is 0. The van der Waals surface area contributed by atoms with E-state index >= 15 is 0 Å². The monoisotopic (exact) mass is 214 g/mol. The Morgan fingerprint density at radius 3 is 2.07 bits per heavy atom. The maximum absolute atomic E-state index is 11.7. The fraction of sp³-hybridized carbons (Fsp3) is 0.727. The van der Waals surface area contributed by atoms with Crippen LogP contribution in [0.2, 0.25) is 0 Å². The van der Waals surface area contributed by atoms with Gasteiger partial charge >= 0.3 is 5.97 Å². The highest BCUT2D eigenvalue weighted by Crippen LogP contribution is 2.13. The smallest absolute Gasteiger partial charge is 0.324 e. The Balaban J connectivity index is 4.74. The molecule has 0 saturated heterocycles. The van der Waals surface area contributed by atoms with Gasteiger partial charge in [-0.15, -0.1) is 0 Å². The quantitative estimate of drug-likeness (QED) is 0.495. The number of Topliss-reactive ketones (excluding diaryl/α,β-unsaturated/α-hetero) is 2. The second-order valence-corrected chi connectivity index (χ2v) is 3.51. The van der Waals surface area contributed by atoms with Gasteiger partial charge in [0.15, 0.2) is 17.5 Å². The van der Waals surface area contributed by atoms with Crippen LogP contribution in [0.15, 0.2) is 0 Å². The van der Waals surface area contributed by atoms with E-state index in [2.05, 4.69) is 0 Å². The molecule has 2 atom stereocenters. The molecule has 0 N–H and O–H groups in total. The van der Waals surface area contributed by atoms with Gasteiger partial charge in [-0.05, 0) is 20.3 Å². The summed E-state index contributed by atoms with van der Waals surface area (Å²) in [5.41, 5.74) is 0. The molecule has 0 aliphatic rings. The van der Waals surface area contributed by atoms with E-state index in [1.807, 2.05) is 6.92 Å². The number of carbonyl (C=O) groups is 3. The number of hydrogen-bond donors (Lipinski definition) is 0. The van der Waals surface area contributed by atoms with E-state index in [1.165, 1.54) is 6.92 Å². The first-order valence-corrected chi connectivity index (χ1v) is 5.16. The van der Waals surface area contributed by atoms with E-state index in [4.69, 9.17) is 4.74 Å². The van der Waals surface area contributed by atoms with Crippen molar-refractivity contribution in [3.8, 4) is 0 Å². The van der Waals surface area contributed by atoms with Crippen molar-refractivity contribution < 1.29 is 19.1 Å². The highest BCUT2D eigenvalue weighted by atomic mass is 16.5. The first-order chi connectivity index (χ1) is 6.95. The van der Waals surface area contributed by atoms with Crippen LogP contribution in [0.5, 0.6) is 0 Å². The standard InChI is InChI=1S/C11H18O4/c1-5-7(3)10(13)9(8(4)12)11(14)15-6-2/h7,9H,5-6H2,1-4H3. The molecule has 0 saturated carbocycles. The van der Waals surface area contributed by atoms with Gasteiger partial charge in [0.05, 0.1) is 6.61 Å². The summed E-state index contributed by atoms with van der Waals surface area (Å²) in [6.07, 6.45) is 0.613. The number of rotatable bonds is 6. The molecule has 0 aliphatic heterocycles. The maximum atomic E-state index is 11.7. The zero-order chi connectivity index (χ0) is 12.0. The third kappa shape index (κ3) is 3.81. The molecule has 0 aromatic rings. The predicted octanol–water partition coefficient (Wildman–Crippen LogP) is 1.37. The topological polar surface area (TPSA) is 60.4 Å². The molecule has 0 fully saturated rings.